The zero-order chi connectivity index (χ0) is 26.0. The Morgan fingerprint density at radius 1 is 0.784 bits per heavy atom. The summed E-state index contributed by atoms with van der Waals surface area (Å²) in [7, 11) is 0. The highest BCUT2D eigenvalue weighted by Crippen LogP contribution is 2.18. The van der Waals surface area contributed by atoms with Crippen molar-refractivity contribution in [3.63, 3.8) is 0 Å². The van der Waals surface area contributed by atoms with E-state index in [1.54, 1.807) is 66.9 Å². The van der Waals surface area contributed by atoms with Gasteiger partial charge in [0, 0.05) is 31.0 Å². The van der Waals surface area contributed by atoms with Crippen LogP contribution < -0.4 is 16.4 Å². The van der Waals surface area contributed by atoms with E-state index in [9.17, 15) is 14.4 Å². The van der Waals surface area contributed by atoms with Crippen LogP contribution in [0.15, 0.2) is 103 Å². The molecule has 0 unspecified atom stereocenters. The number of pyridine rings is 1. The number of nitrogens with one attached hydrogen (secondary N) is 2. The molecule has 4 aromatic rings. The molecule has 0 spiro atoms. The summed E-state index contributed by atoms with van der Waals surface area (Å²) in [6, 6.07) is 26.8. The number of nitrogens with two attached hydrogens (primary N) is 1. The molecule has 0 aliphatic carbocycles. The predicted molar refractivity (Wildman–Crippen MR) is 143 cm³/mol. The maximum Gasteiger partial charge on any atom is 0.256 e. The van der Waals surface area contributed by atoms with Crippen molar-refractivity contribution in [2.24, 2.45) is 0 Å². The van der Waals surface area contributed by atoms with Gasteiger partial charge in [-0.25, -0.2) is 0 Å². The molecule has 0 saturated heterocycles. The number of carbonyl (C=O) groups excluding carboxylic acids is 3. The molecule has 3 aromatic carbocycles. The lowest BCUT2D eigenvalue weighted by Gasteiger charge is -2.22. The van der Waals surface area contributed by atoms with Gasteiger partial charge in [0.1, 0.15) is 6.54 Å². The van der Waals surface area contributed by atoms with Crippen molar-refractivity contribution < 1.29 is 14.4 Å². The van der Waals surface area contributed by atoms with E-state index in [-0.39, 0.29) is 30.8 Å². The van der Waals surface area contributed by atoms with Crippen LogP contribution in [0.1, 0.15) is 31.8 Å². The molecule has 3 amide bonds. The standard InChI is InChI=1S/C29H27N5O3/c30-25-10-4-5-11-26(25)33-28(36)23-14-12-22(13-15-23)19-34(29(37)24-9-6-16-31-18-24)20-27(35)32-17-21-7-2-1-3-8-21/h1-16,18H,17,19-20,30H2,(H,32,35)(H,33,36). The van der Waals surface area contributed by atoms with Crippen LogP contribution in [0.3, 0.4) is 0 Å². The number of anilines is 2. The fourth-order valence-electron chi connectivity index (χ4n) is 3.68. The molecule has 8 nitrogen and oxygen atoms in total. The fourth-order valence-corrected chi connectivity index (χ4v) is 3.68. The second kappa shape index (κ2) is 12.1. The van der Waals surface area contributed by atoms with Crippen molar-refractivity contribution in [3.8, 4) is 0 Å². The Morgan fingerprint density at radius 2 is 1.51 bits per heavy atom. The lowest BCUT2D eigenvalue weighted by Crippen LogP contribution is -2.40. The fraction of sp³-hybridized carbons (Fsp3) is 0.103. The average molecular weight is 494 g/mol. The van der Waals surface area contributed by atoms with Gasteiger partial charge in [-0.2, -0.15) is 0 Å². The predicted octanol–water partition coefficient (Wildman–Crippen LogP) is 3.87. The van der Waals surface area contributed by atoms with Crippen molar-refractivity contribution in [2.75, 3.05) is 17.6 Å². The number of amides is 3. The van der Waals surface area contributed by atoms with Gasteiger partial charge in [-0.3, -0.25) is 19.4 Å². The second-order valence-corrected chi connectivity index (χ2v) is 8.40. The molecule has 0 bridgehead atoms. The Hall–Kier alpha value is -4.98. The summed E-state index contributed by atoms with van der Waals surface area (Å²) < 4.78 is 0. The highest BCUT2D eigenvalue weighted by molar-refractivity contribution is 6.05. The van der Waals surface area contributed by atoms with Gasteiger partial charge in [-0.05, 0) is 47.5 Å². The summed E-state index contributed by atoms with van der Waals surface area (Å²) >= 11 is 0. The van der Waals surface area contributed by atoms with E-state index in [1.807, 2.05) is 30.3 Å². The van der Waals surface area contributed by atoms with Gasteiger partial charge in [0.15, 0.2) is 0 Å². The quantitative estimate of drug-likeness (QED) is 0.306. The van der Waals surface area contributed by atoms with Crippen LogP contribution in [0.2, 0.25) is 0 Å². The largest absolute Gasteiger partial charge is 0.397 e. The second-order valence-electron chi connectivity index (χ2n) is 8.40. The molecule has 8 heteroatoms. The average Bonchev–Trinajstić information content (AvgIpc) is 2.94. The SMILES string of the molecule is Nc1ccccc1NC(=O)c1ccc(CN(CC(=O)NCc2ccccc2)C(=O)c2cccnc2)cc1. The molecule has 0 fully saturated rings. The first-order chi connectivity index (χ1) is 18.0. The maximum absolute atomic E-state index is 13.2. The molecule has 0 aliphatic heterocycles. The third kappa shape index (κ3) is 7.02. The molecule has 0 aliphatic rings. The van der Waals surface area contributed by atoms with Crippen LogP contribution in [0, 0.1) is 0 Å². The van der Waals surface area contributed by atoms with Crippen molar-refractivity contribution in [1.82, 2.24) is 15.2 Å². The number of aromatic nitrogens is 1. The Bertz CT molecular complexity index is 1360. The molecule has 0 atom stereocenters. The van der Waals surface area contributed by atoms with Crippen LogP contribution in [0.25, 0.3) is 0 Å². The summed E-state index contributed by atoms with van der Waals surface area (Å²) in [4.78, 5) is 44.0. The van der Waals surface area contributed by atoms with Crippen LogP contribution in [-0.4, -0.2) is 34.2 Å². The Morgan fingerprint density at radius 3 is 2.22 bits per heavy atom. The van der Waals surface area contributed by atoms with Gasteiger partial charge < -0.3 is 21.3 Å². The van der Waals surface area contributed by atoms with E-state index in [0.29, 0.717) is 29.0 Å². The van der Waals surface area contributed by atoms with Gasteiger partial charge in [0.05, 0.1) is 16.9 Å². The molecule has 4 rings (SSSR count). The zero-order valence-corrected chi connectivity index (χ0v) is 20.1. The summed E-state index contributed by atoms with van der Waals surface area (Å²) in [5.41, 5.74) is 9.47. The van der Waals surface area contributed by atoms with Crippen molar-refractivity contribution in [1.29, 1.82) is 0 Å². The Balaban J connectivity index is 1.44. The van der Waals surface area contributed by atoms with Gasteiger partial charge >= 0.3 is 0 Å². The van der Waals surface area contributed by atoms with Crippen molar-refractivity contribution in [3.05, 3.63) is 126 Å². The molecular weight excluding hydrogens is 466 g/mol. The van der Waals surface area contributed by atoms with Gasteiger partial charge in [0.2, 0.25) is 5.91 Å². The van der Waals surface area contributed by atoms with Crippen LogP contribution in [0.5, 0.6) is 0 Å². The zero-order valence-electron chi connectivity index (χ0n) is 20.1. The maximum atomic E-state index is 13.2. The first-order valence-electron chi connectivity index (χ1n) is 11.7. The van der Waals surface area contributed by atoms with E-state index in [4.69, 9.17) is 5.73 Å². The summed E-state index contributed by atoms with van der Waals surface area (Å²) in [5.74, 6) is -0.894. The molecule has 186 valence electrons. The monoisotopic (exact) mass is 493 g/mol. The van der Waals surface area contributed by atoms with E-state index in [0.717, 1.165) is 11.1 Å². The number of hydrogen-bond acceptors (Lipinski definition) is 5. The summed E-state index contributed by atoms with van der Waals surface area (Å²) in [6.45, 7) is 0.417. The number of nitrogen functional groups attached to an aromatic ring is 1. The molecule has 4 N–H and O–H groups in total. The molecule has 37 heavy (non-hydrogen) atoms. The third-order valence-electron chi connectivity index (χ3n) is 5.66. The lowest BCUT2D eigenvalue weighted by atomic mass is 10.1. The highest BCUT2D eigenvalue weighted by atomic mass is 16.2. The summed E-state index contributed by atoms with van der Waals surface area (Å²) in [5, 5.41) is 5.65. The Kier molecular flexibility index (Phi) is 8.23. The number of nitrogens with zero attached hydrogens (tertiary/aromatic N) is 2. The van der Waals surface area contributed by atoms with E-state index in [1.165, 1.54) is 11.1 Å². The minimum atomic E-state index is -0.315. The first-order valence-corrected chi connectivity index (χ1v) is 11.7. The number of hydrogen-bond donors (Lipinski definition) is 3. The molecule has 0 radical (unpaired) electrons. The number of para-hydroxylation sites is 2. The topological polar surface area (TPSA) is 117 Å². The van der Waals surface area contributed by atoms with Crippen LogP contribution in [-0.2, 0) is 17.9 Å². The third-order valence-corrected chi connectivity index (χ3v) is 5.66. The lowest BCUT2D eigenvalue weighted by molar-refractivity contribution is -0.122. The normalized spacial score (nSPS) is 10.4. The van der Waals surface area contributed by atoms with E-state index < -0.39 is 0 Å². The van der Waals surface area contributed by atoms with E-state index in [2.05, 4.69) is 15.6 Å². The number of carbonyl (C=O) groups is 3. The molecular formula is C29H27N5O3. The summed E-state index contributed by atoms with van der Waals surface area (Å²) in [6.07, 6.45) is 3.06. The number of benzene rings is 3. The first kappa shape index (κ1) is 25.1. The van der Waals surface area contributed by atoms with Gasteiger partial charge in [0.25, 0.3) is 11.8 Å². The number of rotatable bonds is 9. The minimum absolute atomic E-state index is 0.129. The van der Waals surface area contributed by atoms with E-state index >= 15 is 0 Å². The Labute approximate surface area is 215 Å². The molecule has 0 saturated carbocycles. The van der Waals surface area contributed by atoms with Crippen LogP contribution >= 0.6 is 0 Å². The smallest absolute Gasteiger partial charge is 0.256 e. The van der Waals surface area contributed by atoms with Crippen LogP contribution in [0.4, 0.5) is 11.4 Å². The minimum Gasteiger partial charge on any atom is -0.397 e. The van der Waals surface area contributed by atoms with Crippen molar-refractivity contribution >= 4 is 29.1 Å². The molecule has 1 heterocycles. The highest BCUT2D eigenvalue weighted by Gasteiger charge is 2.20. The van der Waals surface area contributed by atoms with Gasteiger partial charge in [-0.1, -0.05) is 54.6 Å². The van der Waals surface area contributed by atoms with Gasteiger partial charge in [-0.15, -0.1) is 0 Å². The molecule has 1 aromatic heterocycles. The van der Waals surface area contributed by atoms with Crippen molar-refractivity contribution in [2.45, 2.75) is 13.1 Å².